The zero-order chi connectivity index (χ0) is 9.68. The molecule has 4 heteroatoms. The van der Waals surface area contributed by atoms with E-state index in [0.29, 0.717) is 6.04 Å². The first-order valence-corrected chi connectivity index (χ1v) is 5.81. The molecule has 0 aromatic rings. The van der Waals surface area contributed by atoms with E-state index in [2.05, 4.69) is 5.32 Å². The smallest absolute Gasteiger partial charge is 0.233 e. The molecule has 76 valence electrons. The highest BCUT2D eigenvalue weighted by atomic mass is 32.2. The SMILES string of the molecule is CC(SCCCO)C(=O)NC1CC1. The Labute approximate surface area is 83.3 Å². The number of rotatable bonds is 6. The lowest BCUT2D eigenvalue weighted by atomic mass is 10.4. The largest absolute Gasteiger partial charge is 0.396 e. The van der Waals surface area contributed by atoms with Crippen molar-refractivity contribution in [2.75, 3.05) is 12.4 Å². The van der Waals surface area contributed by atoms with Crippen LogP contribution in [0.15, 0.2) is 0 Å². The summed E-state index contributed by atoms with van der Waals surface area (Å²) in [5, 5.41) is 11.5. The first kappa shape index (κ1) is 10.9. The van der Waals surface area contributed by atoms with E-state index in [9.17, 15) is 4.79 Å². The Morgan fingerprint density at radius 2 is 2.38 bits per heavy atom. The van der Waals surface area contributed by atoms with Crippen LogP contribution in [0.1, 0.15) is 26.2 Å². The second kappa shape index (κ2) is 5.50. The lowest BCUT2D eigenvalue weighted by molar-refractivity contribution is -0.120. The molecule has 0 radical (unpaired) electrons. The molecule has 0 spiro atoms. The van der Waals surface area contributed by atoms with Crippen LogP contribution in [0.4, 0.5) is 0 Å². The van der Waals surface area contributed by atoms with E-state index in [1.807, 2.05) is 6.92 Å². The second-order valence-electron chi connectivity index (χ2n) is 3.37. The third-order valence-corrected chi connectivity index (χ3v) is 3.20. The lowest BCUT2D eigenvalue weighted by Gasteiger charge is -2.10. The van der Waals surface area contributed by atoms with Crippen LogP contribution in [0, 0.1) is 0 Å². The van der Waals surface area contributed by atoms with Gasteiger partial charge in [-0.2, -0.15) is 0 Å². The quantitative estimate of drug-likeness (QED) is 0.627. The van der Waals surface area contributed by atoms with Gasteiger partial charge in [-0.05, 0) is 31.9 Å². The molecular weight excluding hydrogens is 186 g/mol. The standard InChI is InChI=1S/C9H17NO2S/c1-7(13-6-2-5-11)9(12)10-8-3-4-8/h7-8,11H,2-6H2,1H3,(H,10,12). The number of thioether (sulfide) groups is 1. The maximum Gasteiger partial charge on any atom is 0.233 e. The van der Waals surface area contributed by atoms with Crippen molar-refractivity contribution in [3.8, 4) is 0 Å². The molecule has 0 aromatic carbocycles. The summed E-state index contributed by atoms with van der Waals surface area (Å²) in [6, 6.07) is 0.452. The van der Waals surface area contributed by atoms with Gasteiger partial charge in [0.2, 0.25) is 5.91 Å². The third-order valence-electron chi connectivity index (χ3n) is 1.96. The van der Waals surface area contributed by atoms with Crippen molar-refractivity contribution >= 4 is 17.7 Å². The number of hydrogen-bond donors (Lipinski definition) is 2. The van der Waals surface area contributed by atoms with Crippen LogP contribution in [0.25, 0.3) is 0 Å². The van der Waals surface area contributed by atoms with E-state index >= 15 is 0 Å². The summed E-state index contributed by atoms with van der Waals surface area (Å²) in [5.74, 6) is 1.00. The molecule has 1 rings (SSSR count). The summed E-state index contributed by atoms with van der Waals surface area (Å²) in [7, 11) is 0. The first-order valence-electron chi connectivity index (χ1n) is 4.77. The molecule has 1 unspecified atom stereocenters. The Kier molecular flexibility index (Phi) is 4.59. The topological polar surface area (TPSA) is 49.3 Å². The molecule has 3 nitrogen and oxygen atoms in total. The number of nitrogens with one attached hydrogen (secondary N) is 1. The summed E-state index contributed by atoms with van der Waals surface area (Å²) in [6.45, 7) is 2.13. The summed E-state index contributed by atoms with van der Waals surface area (Å²) in [5.41, 5.74) is 0. The molecule has 2 N–H and O–H groups in total. The minimum atomic E-state index is 0.0205. The second-order valence-corrected chi connectivity index (χ2v) is 4.82. The number of carbonyl (C=O) groups is 1. The van der Waals surface area contributed by atoms with Crippen molar-refractivity contribution in [2.45, 2.75) is 37.5 Å². The van der Waals surface area contributed by atoms with E-state index in [0.717, 1.165) is 25.0 Å². The molecule has 1 amide bonds. The van der Waals surface area contributed by atoms with Gasteiger partial charge in [-0.3, -0.25) is 4.79 Å². The van der Waals surface area contributed by atoms with Gasteiger partial charge in [0.05, 0.1) is 5.25 Å². The predicted molar refractivity (Wildman–Crippen MR) is 54.8 cm³/mol. The molecule has 0 saturated heterocycles. The van der Waals surface area contributed by atoms with Crippen LogP contribution in [0.2, 0.25) is 0 Å². The summed E-state index contributed by atoms with van der Waals surface area (Å²) < 4.78 is 0. The van der Waals surface area contributed by atoms with Gasteiger partial charge in [0, 0.05) is 12.6 Å². The van der Waals surface area contributed by atoms with Crippen molar-refractivity contribution in [1.82, 2.24) is 5.32 Å². The number of amides is 1. The molecule has 1 atom stereocenters. The van der Waals surface area contributed by atoms with Crippen molar-refractivity contribution in [3.63, 3.8) is 0 Å². The maximum absolute atomic E-state index is 11.4. The fourth-order valence-electron chi connectivity index (χ4n) is 0.947. The molecule has 1 aliphatic rings. The third kappa shape index (κ3) is 4.52. The van der Waals surface area contributed by atoms with Gasteiger partial charge in [-0.15, -0.1) is 11.8 Å². The zero-order valence-corrected chi connectivity index (χ0v) is 8.77. The molecule has 1 fully saturated rings. The number of hydrogen-bond acceptors (Lipinski definition) is 3. The van der Waals surface area contributed by atoms with Gasteiger partial charge >= 0.3 is 0 Å². The number of aliphatic hydroxyl groups excluding tert-OH is 1. The number of carbonyl (C=O) groups excluding carboxylic acids is 1. The number of aliphatic hydroxyl groups is 1. The van der Waals surface area contributed by atoms with Gasteiger partial charge in [0.15, 0.2) is 0 Å². The first-order chi connectivity index (χ1) is 6.24. The minimum Gasteiger partial charge on any atom is -0.396 e. The molecule has 0 heterocycles. The van der Waals surface area contributed by atoms with E-state index < -0.39 is 0 Å². The Morgan fingerprint density at radius 3 is 2.92 bits per heavy atom. The fourth-order valence-corrected chi connectivity index (χ4v) is 1.82. The van der Waals surface area contributed by atoms with E-state index in [1.165, 1.54) is 0 Å². The molecular formula is C9H17NO2S. The highest BCUT2D eigenvalue weighted by molar-refractivity contribution is 8.00. The molecule has 1 saturated carbocycles. The summed E-state index contributed by atoms with van der Waals surface area (Å²) >= 11 is 1.61. The molecule has 0 bridgehead atoms. The van der Waals surface area contributed by atoms with E-state index in [1.54, 1.807) is 11.8 Å². The highest BCUT2D eigenvalue weighted by Crippen LogP contribution is 2.20. The normalized spacial score (nSPS) is 18.3. The monoisotopic (exact) mass is 203 g/mol. The van der Waals surface area contributed by atoms with Gasteiger partial charge in [-0.25, -0.2) is 0 Å². The van der Waals surface area contributed by atoms with E-state index in [4.69, 9.17) is 5.11 Å². The molecule has 0 aromatic heterocycles. The molecule has 0 aliphatic heterocycles. The average molecular weight is 203 g/mol. The van der Waals surface area contributed by atoms with Crippen LogP contribution in [-0.4, -0.2) is 34.7 Å². The van der Waals surface area contributed by atoms with Crippen LogP contribution in [0.3, 0.4) is 0 Å². The van der Waals surface area contributed by atoms with Crippen LogP contribution in [0.5, 0.6) is 0 Å². The van der Waals surface area contributed by atoms with Crippen molar-refractivity contribution in [2.24, 2.45) is 0 Å². The van der Waals surface area contributed by atoms with Crippen LogP contribution >= 0.6 is 11.8 Å². The minimum absolute atomic E-state index is 0.0205. The molecule has 1 aliphatic carbocycles. The van der Waals surface area contributed by atoms with Crippen LogP contribution in [-0.2, 0) is 4.79 Å². The van der Waals surface area contributed by atoms with E-state index in [-0.39, 0.29) is 17.8 Å². The lowest BCUT2D eigenvalue weighted by Crippen LogP contribution is -2.32. The predicted octanol–water partition coefficient (Wildman–Crippen LogP) is 0.769. The van der Waals surface area contributed by atoms with Crippen molar-refractivity contribution in [3.05, 3.63) is 0 Å². The Bertz CT molecular complexity index is 171. The maximum atomic E-state index is 11.4. The fraction of sp³-hybridized carbons (Fsp3) is 0.889. The van der Waals surface area contributed by atoms with Gasteiger partial charge in [0.1, 0.15) is 0 Å². The van der Waals surface area contributed by atoms with Gasteiger partial charge in [0.25, 0.3) is 0 Å². The Morgan fingerprint density at radius 1 is 1.69 bits per heavy atom. The Balaban J connectivity index is 2.05. The van der Waals surface area contributed by atoms with Gasteiger partial charge in [-0.1, -0.05) is 0 Å². The van der Waals surface area contributed by atoms with Gasteiger partial charge < -0.3 is 10.4 Å². The van der Waals surface area contributed by atoms with Crippen molar-refractivity contribution in [1.29, 1.82) is 0 Å². The average Bonchev–Trinajstić information content (AvgIpc) is 2.88. The summed E-state index contributed by atoms with van der Waals surface area (Å²) in [4.78, 5) is 11.4. The highest BCUT2D eigenvalue weighted by Gasteiger charge is 2.25. The Hall–Kier alpha value is -0.220. The zero-order valence-electron chi connectivity index (χ0n) is 7.95. The van der Waals surface area contributed by atoms with Crippen LogP contribution < -0.4 is 5.32 Å². The summed E-state index contributed by atoms with van der Waals surface area (Å²) in [6.07, 6.45) is 3.05. The van der Waals surface area contributed by atoms with Crippen molar-refractivity contribution < 1.29 is 9.90 Å². The molecule has 13 heavy (non-hydrogen) atoms.